The number of rotatable bonds is 6. The van der Waals surface area contributed by atoms with E-state index < -0.39 is 0 Å². The number of thiocarbonyl (C=S) groups is 1. The third-order valence-corrected chi connectivity index (χ3v) is 8.15. The van der Waals surface area contributed by atoms with Gasteiger partial charge in [0.2, 0.25) is 0 Å². The van der Waals surface area contributed by atoms with Crippen molar-refractivity contribution in [3.8, 4) is 17.2 Å². The Bertz CT molecular complexity index is 1690. The quantitative estimate of drug-likeness (QED) is 0.212. The van der Waals surface area contributed by atoms with Gasteiger partial charge in [-0.1, -0.05) is 42.0 Å². The van der Waals surface area contributed by atoms with Crippen molar-refractivity contribution < 1.29 is 4.74 Å². The van der Waals surface area contributed by atoms with Crippen LogP contribution in [0.3, 0.4) is 0 Å². The number of para-hydroxylation sites is 1. The molecule has 6 rings (SSSR count). The molecular formula is C35H34N4OS. The van der Waals surface area contributed by atoms with Crippen molar-refractivity contribution in [2.24, 2.45) is 0 Å². The summed E-state index contributed by atoms with van der Waals surface area (Å²) in [6, 6.07) is 30.6. The highest BCUT2D eigenvalue weighted by molar-refractivity contribution is 7.80. The molecule has 0 aliphatic carbocycles. The Hall–Kier alpha value is -4.42. The molecule has 1 aliphatic heterocycles. The highest BCUT2D eigenvalue weighted by Crippen LogP contribution is 2.44. The van der Waals surface area contributed by atoms with E-state index in [0.29, 0.717) is 5.11 Å². The molecule has 1 aliphatic rings. The van der Waals surface area contributed by atoms with E-state index in [1.807, 2.05) is 60.8 Å². The number of anilines is 1. The average Bonchev–Trinajstić information content (AvgIpc) is 3.45. The molecule has 1 N–H and O–H groups in total. The van der Waals surface area contributed by atoms with E-state index >= 15 is 0 Å². The minimum absolute atomic E-state index is 0.0932. The normalized spacial score (nSPS) is 16.6. The van der Waals surface area contributed by atoms with Crippen LogP contribution in [0.15, 0.2) is 97.2 Å². The summed E-state index contributed by atoms with van der Waals surface area (Å²) in [6.07, 6.45) is 1.85. The van der Waals surface area contributed by atoms with Crippen molar-refractivity contribution in [1.29, 1.82) is 0 Å². The lowest BCUT2D eigenvalue weighted by Gasteiger charge is -2.28. The van der Waals surface area contributed by atoms with Gasteiger partial charge in [-0.3, -0.25) is 4.98 Å². The maximum absolute atomic E-state index is 6.06. The smallest absolute Gasteiger partial charge is 0.174 e. The summed E-state index contributed by atoms with van der Waals surface area (Å²) in [4.78, 5) is 6.96. The van der Waals surface area contributed by atoms with E-state index in [1.54, 1.807) is 0 Å². The summed E-state index contributed by atoms with van der Waals surface area (Å²) in [6.45, 7) is 10.9. The van der Waals surface area contributed by atoms with Gasteiger partial charge in [-0.05, 0) is 118 Å². The molecule has 1 saturated heterocycles. The van der Waals surface area contributed by atoms with E-state index in [0.717, 1.165) is 22.9 Å². The standard InChI is InChI=1S/C35H34N4OS/c1-22-19-23(2)33(24(3)20-22)38-25(4)21-30(26(38)5)34-32(31-13-9-10-18-36-31)37-35(41)39(34)27-14-16-29(17-15-27)40-28-11-7-6-8-12-28/h6-21,32,34H,1-5H3,(H,37,41). The van der Waals surface area contributed by atoms with E-state index in [1.165, 1.54) is 39.3 Å². The SMILES string of the molecule is Cc1cc(C)c(-n2c(C)cc(C3C(c4ccccn4)NC(=S)N3c3ccc(Oc4ccccc4)cc3)c2C)c(C)c1. The predicted molar refractivity (Wildman–Crippen MR) is 170 cm³/mol. The lowest BCUT2D eigenvalue weighted by Crippen LogP contribution is -2.29. The zero-order valence-electron chi connectivity index (χ0n) is 24.1. The second-order valence-corrected chi connectivity index (χ2v) is 11.2. The van der Waals surface area contributed by atoms with Crippen molar-refractivity contribution in [2.45, 2.75) is 46.7 Å². The topological polar surface area (TPSA) is 42.3 Å². The fourth-order valence-electron chi connectivity index (χ4n) is 6.20. The summed E-state index contributed by atoms with van der Waals surface area (Å²) in [7, 11) is 0. The van der Waals surface area contributed by atoms with E-state index in [-0.39, 0.29) is 12.1 Å². The Balaban J connectivity index is 1.45. The first-order valence-corrected chi connectivity index (χ1v) is 14.3. The minimum Gasteiger partial charge on any atom is -0.457 e. The van der Waals surface area contributed by atoms with Gasteiger partial charge in [-0.25, -0.2) is 0 Å². The van der Waals surface area contributed by atoms with Crippen LogP contribution < -0.4 is 15.0 Å². The van der Waals surface area contributed by atoms with Crippen molar-refractivity contribution in [2.75, 3.05) is 4.90 Å². The molecule has 206 valence electrons. The van der Waals surface area contributed by atoms with Crippen LogP contribution in [0, 0.1) is 34.6 Å². The summed E-state index contributed by atoms with van der Waals surface area (Å²) < 4.78 is 8.46. The number of aromatic nitrogens is 2. The Morgan fingerprint density at radius 2 is 1.44 bits per heavy atom. The monoisotopic (exact) mass is 558 g/mol. The second-order valence-electron chi connectivity index (χ2n) is 10.8. The first-order valence-electron chi connectivity index (χ1n) is 13.9. The highest BCUT2D eigenvalue weighted by Gasteiger charge is 2.42. The molecule has 2 unspecified atom stereocenters. The first kappa shape index (κ1) is 26.8. The molecule has 2 aromatic heterocycles. The van der Waals surface area contributed by atoms with Crippen LogP contribution >= 0.6 is 12.2 Å². The van der Waals surface area contributed by atoms with Gasteiger partial charge in [0.15, 0.2) is 5.11 Å². The third kappa shape index (κ3) is 5.00. The van der Waals surface area contributed by atoms with Crippen LogP contribution in [0.25, 0.3) is 5.69 Å². The van der Waals surface area contributed by atoms with Gasteiger partial charge in [0.25, 0.3) is 0 Å². The van der Waals surface area contributed by atoms with Crippen molar-refractivity contribution in [1.82, 2.24) is 14.9 Å². The van der Waals surface area contributed by atoms with Crippen LogP contribution in [0.2, 0.25) is 0 Å². The first-order chi connectivity index (χ1) is 19.8. The van der Waals surface area contributed by atoms with Gasteiger partial charge in [0.1, 0.15) is 11.5 Å². The van der Waals surface area contributed by atoms with Crippen LogP contribution in [0.5, 0.6) is 11.5 Å². The maximum atomic E-state index is 6.06. The van der Waals surface area contributed by atoms with Gasteiger partial charge >= 0.3 is 0 Å². The van der Waals surface area contributed by atoms with Gasteiger partial charge in [0, 0.05) is 23.3 Å². The highest BCUT2D eigenvalue weighted by atomic mass is 32.1. The summed E-state index contributed by atoms with van der Waals surface area (Å²) in [5.74, 6) is 1.58. The van der Waals surface area contributed by atoms with Crippen LogP contribution in [-0.2, 0) is 0 Å². The zero-order valence-corrected chi connectivity index (χ0v) is 24.9. The van der Waals surface area contributed by atoms with Crippen LogP contribution in [0.4, 0.5) is 5.69 Å². The Morgan fingerprint density at radius 1 is 0.780 bits per heavy atom. The molecule has 0 spiro atoms. The molecule has 6 heteroatoms. The van der Waals surface area contributed by atoms with Crippen LogP contribution in [0.1, 0.15) is 51.4 Å². The molecule has 2 atom stereocenters. The predicted octanol–water partition coefficient (Wildman–Crippen LogP) is 8.38. The fourth-order valence-corrected chi connectivity index (χ4v) is 6.55. The number of aryl methyl sites for hydroxylation is 4. The Labute approximate surface area is 247 Å². The van der Waals surface area contributed by atoms with E-state index in [4.69, 9.17) is 21.9 Å². The number of nitrogens with one attached hydrogen (secondary N) is 1. The summed E-state index contributed by atoms with van der Waals surface area (Å²) >= 11 is 6.00. The molecule has 0 radical (unpaired) electrons. The van der Waals surface area contributed by atoms with Crippen molar-refractivity contribution in [3.05, 3.63) is 137 Å². The molecular weight excluding hydrogens is 524 g/mol. The van der Waals surface area contributed by atoms with Gasteiger partial charge in [-0.15, -0.1) is 0 Å². The molecule has 0 bridgehead atoms. The Kier molecular flexibility index (Phi) is 7.10. The molecule has 1 fully saturated rings. The maximum Gasteiger partial charge on any atom is 0.174 e. The number of pyridine rings is 1. The summed E-state index contributed by atoms with van der Waals surface area (Å²) in [5.41, 5.74) is 10.6. The Morgan fingerprint density at radius 3 is 2.10 bits per heavy atom. The molecule has 41 heavy (non-hydrogen) atoms. The summed E-state index contributed by atoms with van der Waals surface area (Å²) in [5, 5.41) is 4.28. The minimum atomic E-state index is -0.113. The number of ether oxygens (including phenoxy) is 1. The van der Waals surface area contributed by atoms with E-state index in [2.05, 4.69) is 85.8 Å². The molecule has 3 heterocycles. The zero-order chi connectivity index (χ0) is 28.7. The van der Waals surface area contributed by atoms with Gasteiger partial charge < -0.3 is 19.5 Å². The molecule has 5 nitrogen and oxygen atoms in total. The third-order valence-electron chi connectivity index (χ3n) is 7.84. The van der Waals surface area contributed by atoms with Crippen molar-refractivity contribution >= 4 is 23.0 Å². The lowest BCUT2D eigenvalue weighted by molar-refractivity contribution is 0.482. The number of benzene rings is 3. The molecule has 0 amide bonds. The number of hydrogen-bond donors (Lipinski definition) is 1. The average molecular weight is 559 g/mol. The molecule has 5 aromatic rings. The molecule has 0 saturated carbocycles. The number of hydrogen-bond acceptors (Lipinski definition) is 3. The number of nitrogens with zero attached hydrogens (tertiary/aromatic N) is 3. The van der Waals surface area contributed by atoms with Crippen molar-refractivity contribution in [3.63, 3.8) is 0 Å². The van der Waals surface area contributed by atoms with Crippen LogP contribution in [-0.4, -0.2) is 14.7 Å². The van der Waals surface area contributed by atoms with Gasteiger partial charge in [0.05, 0.1) is 23.5 Å². The largest absolute Gasteiger partial charge is 0.457 e. The second kappa shape index (κ2) is 10.9. The lowest BCUT2D eigenvalue weighted by atomic mass is 9.96. The van der Waals surface area contributed by atoms with Gasteiger partial charge in [-0.2, -0.15) is 0 Å². The van der Waals surface area contributed by atoms with E-state index in [9.17, 15) is 0 Å². The fraction of sp³-hybridized carbons (Fsp3) is 0.200. The molecule has 3 aromatic carbocycles.